The van der Waals surface area contributed by atoms with Gasteiger partial charge in [0.15, 0.2) is 6.29 Å². The molecule has 0 N–H and O–H groups in total. The molecule has 4 heteroatoms. The van der Waals surface area contributed by atoms with Gasteiger partial charge in [0.05, 0.1) is 0 Å². The van der Waals surface area contributed by atoms with Gasteiger partial charge >= 0.3 is 0 Å². The molecule has 2 unspecified atom stereocenters. The first kappa shape index (κ1) is 12.4. The monoisotopic (exact) mass is 250 g/mol. The first-order chi connectivity index (χ1) is 8.13. The number of pyridine rings is 1. The van der Waals surface area contributed by atoms with Crippen molar-refractivity contribution < 1.29 is 4.79 Å². The lowest BCUT2D eigenvalue weighted by Gasteiger charge is -2.39. The Balaban J connectivity index is 2.29. The Morgan fingerprint density at radius 2 is 2.29 bits per heavy atom. The number of nitrogens with zero attached hydrogens (tertiary/aromatic N) is 2. The normalized spacial score (nSPS) is 24.8. The van der Waals surface area contributed by atoms with Gasteiger partial charge in [0, 0.05) is 35.3 Å². The maximum atomic E-state index is 10.7. The van der Waals surface area contributed by atoms with E-state index in [1.165, 1.54) is 0 Å². The summed E-state index contributed by atoms with van der Waals surface area (Å²) in [5, 5.41) is 0.621. The molecule has 2 atom stereocenters. The van der Waals surface area contributed by atoms with Gasteiger partial charge in [-0.1, -0.05) is 6.92 Å². The molecule has 2 heterocycles. The summed E-state index contributed by atoms with van der Waals surface area (Å²) < 4.78 is 0. The summed E-state index contributed by atoms with van der Waals surface area (Å²) in [5.74, 6) is 2.16. The molecular weight excluding hydrogens is 232 g/mol. The molecule has 0 amide bonds. The first-order valence-electron chi connectivity index (χ1n) is 5.93. The average Bonchev–Trinajstić information content (AvgIpc) is 2.33. The highest BCUT2D eigenvalue weighted by Crippen LogP contribution is 2.29. The number of aldehydes is 1. The molecule has 92 valence electrons. The Bertz CT molecular complexity index is 422. The van der Waals surface area contributed by atoms with Gasteiger partial charge < -0.3 is 4.90 Å². The smallest absolute Gasteiger partial charge is 0.151 e. The molecule has 1 aromatic heterocycles. The molecule has 0 spiro atoms. The minimum absolute atomic E-state index is 0.488. The number of carbonyl (C=O) groups is 1. The van der Waals surface area contributed by atoms with Crippen molar-refractivity contribution in [3.8, 4) is 0 Å². The highest BCUT2D eigenvalue weighted by atomic mass is 32.2. The second kappa shape index (κ2) is 5.08. The predicted octanol–water partition coefficient (Wildman–Crippen LogP) is 2.53. The SMILES string of the molecule is Cc1cc(C=O)cnc1N1CCSC(C)C1C. The maximum Gasteiger partial charge on any atom is 0.151 e. The minimum Gasteiger partial charge on any atom is -0.352 e. The third kappa shape index (κ3) is 2.46. The number of thioether (sulfide) groups is 1. The highest BCUT2D eigenvalue weighted by molar-refractivity contribution is 8.00. The number of hydrogen-bond acceptors (Lipinski definition) is 4. The summed E-state index contributed by atoms with van der Waals surface area (Å²) in [7, 11) is 0. The Morgan fingerprint density at radius 1 is 1.53 bits per heavy atom. The third-order valence-electron chi connectivity index (χ3n) is 3.36. The van der Waals surface area contributed by atoms with E-state index in [4.69, 9.17) is 0 Å². The Kier molecular flexibility index (Phi) is 3.72. The number of hydrogen-bond donors (Lipinski definition) is 0. The van der Waals surface area contributed by atoms with Crippen molar-refractivity contribution in [1.29, 1.82) is 0 Å². The first-order valence-corrected chi connectivity index (χ1v) is 6.98. The molecule has 0 saturated carbocycles. The van der Waals surface area contributed by atoms with Crippen LogP contribution in [0, 0.1) is 6.92 Å². The summed E-state index contributed by atoms with van der Waals surface area (Å²) in [4.78, 5) is 17.5. The van der Waals surface area contributed by atoms with Crippen LogP contribution in [0.15, 0.2) is 12.3 Å². The fourth-order valence-corrected chi connectivity index (χ4v) is 3.29. The van der Waals surface area contributed by atoms with Crippen molar-refractivity contribution in [2.24, 2.45) is 0 Å². The van der Waals surface area contributed by atoms with Crippen molar-refractivity contribution in [3.63, 3.8) is 0 Å². The molecule has 1 aliphatic heterocycles. The molecule has 1 fully saturated rings. The van der Waals surface area contributed by atoms with Crippen LogP contribution in [-0.4, -0.2) is 34.9 Å². The van der Waals surface area contributed by atoms with Crippen molar-refractivity contribution in [2.45, 2.75) is 32.1 Å². The molecular formula is C13H18N2OS. The van der Waals surface area contributed by atoms with Gasteiger partial charge in [-0.25, -0.2) is 4.98 Å². The standard InChI is InChI=1S/C13H18N2OS/c1-9-6-12(8-16)7-14-13(9)15-4-5-17-11(3)10(15)2/h6-8,10-11H,4-5H2,1-3H3. The van der Waals surface area contributed by atoms with Gasteiger partial charge in [-0.05, 0) is 25.5 Å². The van der Waals surface area contributed by atoms with Crippen molar-refractivity contribution in [3.05, 3.63) is 23.4 Å². The van der Waals surface area contributed by atoms with E-state index in [9.17, 15) is 4.79 Å². The van der Waals surface area contributed by atoms with Crippen LogP contribution in [-0.2, 0) is 0 Å². The van der Waals surface area contributed by atoms with Crippen molar-refractivity contribution in [2.75, 3.05) is 17.2 Å². The van der Waals surface area contributed by atoms with E-state index >= 15 is 0 Å². The maximum absolute atomic E-state index is 10.7. The summed E-state index contributed by atoms with van der Waals surface area (Å²) >= 11 is 2.01. The van der Waals surface area contributed by atoms with Gasteiger partial charge in [-0.2, -0.15) is 11.8 Å². The van der Waals surface area contributed by atoms with Gasteiger partial charge in [0.2, 0.25) is 0 Å². The number of rotatable bonds is 2. The summed E-state index contributed by atoms with van der Waals surface area (Å²) in [6.45, 7) is 7.56. The molecule has 1 aromatic rings. The van der Waals surface area contributed by atoms with E-state index in [-0.39, 0.29) is 0 Å². The van der Waals surface area contributed by atoms with E-state index < -0.39 is 0 Å². The number of anilines is 1. The molecule has 0 aromatic carbocycles. The van der Waals surface area contributed by atoms with Crippen molar-refractivity contribution in [1.82, 2.24) is 4.98 Å². The molecule has 1 saturated heterocycles. The topological polar surface area (TPSA) is 33.2 Å². The van der Waals surface area contributed by atoms with Crippen LogP contribution in [0.25, 0.3) is 0 Å². The molecule has 2 rings (SSSR count). The molecule has 17 heavy (non-hydrogen) atoms. The van der Waals surface area contributed by atoms with Gasteiger partial charge in [0.25, 0.3) is 0 Å². The van der Waals surface area contributed by atoms with E-state index in [0.717, 1.165) is 30.0 Å². The summed E-state index contributed by atoms with van der Waals surface area (Å²) in [6, 6.07) is 2.40. The predicted molar refractivity (Wildman–Crippen MR) is 73.1 cm³/mol. The van der Waals surface area contributed by atoms with Crippen LogP contribution >= 0.6 is 11.8 Å². The van der Waals surface area contributed by atoms with Gasteiger partial charge in [-0.15, -0.1) is 0 Å². The van der Waals surface area contributed by atoms with Crippen molar-refractivity contribution >= 4 is 23.9 Å². The van der Waals surface area contributed by atoms with Crippen LogP contribution in [0.1, 0.15) is 29.8 Å². The lowest BCUT2D eigenvalue weighted by atomic mass is 10.1. The summed E-state index contributed by atoms with van der Waals surface area (Å²) in [6.07, 6.45) is 2.51. The molecule has 3 nitrogen and oxygen atoms in total. The Hall–Kier alpha value is -1.03. The largest absolute Gasteiger partial charge is 0.352 e. The molecule has 0 radical (unpaired) electrons. The molecule has 0 bridgehead atoms. The van der Waals surface area contributed by atoms with Crippen LogP contribution in [0.5, 0.6) is 0 Å². The van der Waals surface area contributed by atoms with E-state index in [0.29, 0.717) is 16.9 Å². The van der Waals surface area contributed by atoms with E-state index in [1.807, 2.05) is 24.8 Å². The zero-order valence-electron chi connectivity index (χ0n) is 10.5. The Morgan fingerprint density at radius 3 is 2.94 bits per heavy atom. The van der Waals surface area contributed by atoms with Crippen LogP contribution in [0.2, 0.25) is 0 Å². The quantitative estimate of drug-likeness (QED) is 0.755. The van der Waals surface area contributed by atoms with Crippen LogP contribution < -0.4 is 4.90 Å². The second-order valence-corrected chi connectivity index (χ2v) is 6.02. The van der Waals surface area contributed by atoms with Gasteiger partial charge in [0.1, 0.15) is 5.82 Å². The second-order valence-electron chi connectivity index (χ2n) is 4.54. The minimum atomic E-state index is 0.488. The third-order valence-corrected chi connectivity index (χ3v) is 4.70. The summed E-state index contributed by atoms with van der Waals surface area (Å²) in [5.41, 5.74) is 1.74. The molecule has 1 aliphatic rings. The van der Waals surface area contributed by atoms with Crippen LogP contribution in [0.4, 0.5) is 5.82 Å². The van der Waals surface area contributed by atoms with E-state index in [1.54, 1.807) is 6.20 Å². The average molecular weight is 250 g/mol. The fraction of sp³-hybridized carbons (Fsp3) is 0.538. The van der Waals surface area contributed by atoms with Crippen LogP contribution in [0.3, 0.4) is 0 Å². The molecule has 0 aliphatic carbocycles. The van der Waals surface area contributed by atoms with Gasteiger partial charge in [-0.3, -0.25) is 4.79 Å². The van der Waals surface area contributed by atoms with E-state index in [2.05, 4.69) is 23.7 Å². The number of carbonyl (C=O) groups excluding carboxylic acids is 1. The zero-order valence-corrected chi connectivity index (χ0v) is 11.3. The number of aromatic nitrogens is 1. The lowest BCUT2D eigenvalue weighted by molar-refractivity contribution is 0.112. The number of aryl methyl sites for hydroxylation is 1. The fourth-order valence-electron chi connectivity index (χ4n) is 2.19. The highest BCUT2D eigenvalue weighted by Gasteiger charge is 2.26. The zero-order chi connectivity index (χ0) is 12.4. The Labute approximate surface area is 107 Å². The lowest BCUT2D eigenvalue weighted by Crippen LogP contribution is -2.45.